The van der Waals surface area contributed by atoms with Crippen molar-refractivity contribution >= 4 is 43.0 Å². The van der Waals surface area contributed by atoms with Gasteiger partial charge < -0.3 is 14.8 Å². The van der Waals surface area contributed by atoms with Gasteiger partial charge in [-0.1, -0.05) is 66.4 Å². The Labute approximate surface area is 178 Å². The van der Waals surface area contributed by atoms with Gasteiger partial charge in [0.25, 0.3) is 0 Å². The van der Waals surface area contributed by atoms with Crippen LogP contribution in [0.15, 0.2) is 81.9 Å². The zero-order chi connectivity index (χ0) is 19.9. The van der Waals surface area contributed by atoms with Crippen LogP contribution < -0.4 is 5.11 Å². The van der Waals surface area contributed by atoms with Gasteiger partial charge in [-0.3, -0.25) is 0 Å². The van der Waals surface area contributed by atoms with Crippen molar-refractivity contribution in [1.29, 1.82) is 0 Å². The van der Waals surface area contributed by atoms with Crippen molar-refractivity contribution in [1.82, 2.24) is 0 Å². The Balaban J connectivity index is 0.00000240. The van der Waals surface area contributed by atoms with Crippen LogP contribution in [0, 0.1) is 0 Å². The third-order valence-corrected chi connectivity index (χ3v) is 5.22. The minimum Gasteiger partial charge on any atom is -0.871 e. The summed E-state index contributed by atoms with van der Waals surface area (Å²) in [6.07, 6.45) is 0. The zero-order valence-electron chi connectivity index (χ0n) is 14.9. The zero-order valence-corrected chi connectivity index (χ0v) is 18.7. The molecule has 0 fully saturated rings. The predicted octanol–water partition coefficient (Wildman–Crippen LogP) is 4.09. The van der Waals surface area contributed by atoms with E-state index in [1.807, 2.05) is 12.1 Å². The first-order chi connectivity index (χ1) is 13.4. The number of nitrogens with zero attached hydrogens (tertiary/aromatic N) is 2. The average molecular weight is 458 g/mol. The molecule has 0 unspecified atom stereocenters. The molecule has 0 aliphatic carbocycles. The van der Waals surface area contributed by atoms with E-state index < -0.39 is 20.8 Å². The van der Waals surface area contributed by atoms with Crippen LogP contribution in [0.3, 0.4) is 0 Å². The topological polar surface area (TPSA) is 125 Å². The van der Waals surface area contributed by atoms with Crippen molar-refractivity contribution < 1.29 is 42.7 Å². The Morgan fingerprint density at radius 2 is 1.38 bits per heavy atom. The molecule has 0 saturated carbocycles. The molecule has 0 aliphatic rings. The maximum atomic E-state index is 12.3. The van der Waals surface area contributed by atoms with Gasteiger partial charge in [-0.2, -0.15) is 5.11 Å². The molecule has 140 valence electrons. The summed E-state index contributed by atoms with van der Waals surface area (Å²) in [5.41, 5.74) is 0.0671. The molecule has 0 spiro atoms. The van der Waals surface area contributed by atoms with Gasteiger partial charge in [0.2, 0.25) is 0 Å². The SMILES string of the molecule is O=S(=O)([O-])c1cc(O)c(N=Nc2c([O-])ccc3ccccc23)c2ccccc12.[Zn+2]. The molecular weight excluding hydrogens is 446 g/mol. The monoisotopic (exact) mass is 456 g/mol. The molecule has 0 aromatic heterocycles. The number of hydrogen-bond donors (Lipinski definition) is 1. The van der Waals surface area contributed by atoms with Crippen LogP contribution in [0.2, 0.25) is 0 Å². The van der Waals surface area contributed by atoms with Crippen molar-refractivity contribution in [3.05, 3.63) is 66.7 Å². The van der Waals surface area contributed by atoms with Gasteiger partial charge in [-0.05, 0) is 5.39 Å². The normalized spacial score (nSPS) is 11.8. The van der Waals surface area contributed by atoms with Gasteiger partial charge in [0, 0.05) is 22.2 Å². The van der Waals surface area contributed by atoms with E-state index in [-0.39, 0.29) is 47.4 Å². The Bertz CT molecular complexity index is 1370. The summed E-state index contributed by atoms with van der Waals surface area (Å²) in [5.74, 6) is -0.866. The quantitative estimate of drug-likeness (QED) is 0.282. The maximum Gasteiger partial charge on any atom is 2.00 e. The number of rotatable bonds is 3. The van der Waals surface area contributed by atoms with Crippen LogP contribution in [0.5, 0.6) is 11.5 Å². The molecule has 0 aliphatic heterocycles. The largest absolute Gasteiger partial charge is 2.00 e. The smallest absolute Gasteiger partial charge is 0.871 e. The average Bonchev–Trinajstić information content (AvgIpc) is 2.67. The number of phenols is 1. The molecule has 4 aromatic rings. The van der Waals surface area contributed by atoms with Crippen LogP contribution in [-0.2, 0) is 29.6 Å². The van der Waals surface area contributed by atoms with Crippen LogP contribution in [-0.4, -0.2) is 18.1 Å². The van der Waals surface area contributed by atoms with E-state index in [1.54, 1.807) is 30.3 Å². The van der Waals surface area contributed by atoms with Crippen molar-refractivity contribution in [2.45, 2.75) is 4.90 Å². The Hall–Kier alpha value is -2.87. The molecule has 1 N–H and O–H groups in total. The van der Waals surface area contributed by atoms with Crippen LogP contribution in [0.25, 0.3) is 21.5 Å². The number of hydrogen-bond acceptors (Lipinski definition) is 7. The Morgan fingerprint density at radius 3 is 2.07 bits per heavy atom. The number of benzene rings is 4. The third kappa shape index (κ3) is 3.85. The van der Waals surface area contributed by atoms with Gasteiger partial charge in [0.1, 0.15) is 21.6 Å². The molecule has 29 heavy (non-hydrogen) atoms. The fourth-order valence-electron chi connectivity index (χ4n) is 3.06. The standard InChI is InChI=1S/C20H14N2O5S.Zn/c23-16-10-9-12-5-1-2-6-13(12)19(16)21-22-20-15-8-4-3-7-14(15)18(11-17(20)24)28(25,26)27;/h1-11,23-24H,(H,25,26,27);/q;+2/p-2. The van der Waals surface area contributed by atoms with E-state index in [2.05, 4.69) is 10.2 Å². The van der Waals surface area contributed by atoms with Gasteiger partial charge in [0.15, 0.2) is 0 Å². The predicted molar refractivity (Wildman–Crippen MR) is 101 cm³/mol. The van der Waals surface area contributed by atoms with Gasteiger partial charge in [0.05, 0.1) is 10.6 Å². The summed E-state index contributed by atoms with van der Waals surface area (Å²) in [6.45, 7) is 0. The molecule has 0 amide bonds. The first kappa shape index (κ1) is 20.9. The molecule has 0 atom stereocenters. The Morgan fingerprint density at radius 1 is 0.793 bits per heavy atom. The molecule has 0 radical (unpaired) electrons. The summed E-state index contributed by atoms with van der Waals surface area (Å²) in [5, 5.41) is 32.3. The number of phenolic OH excluding ortho intramolecular Hbond substituents is 1. The maximum absolute atomic E-state index is 12.3. The summed E-state index contributed by atoms with van der Waals surface area (Å²) in [7, 11) is -4.80. The minimum atomic E-state index is -4.80. The second kappa shape index (κ2) is 7.87. The molecule has 0 bridgehead atoms. The van der Waals surface area contributed by atoms with Crippen molar-refractivity contribution in [3.63, 3.8) is 0 Å². The van der Waals surface area contributed by atoms with Crippen molar-refractivity contribution in [2.75, 3.05) is 0 Å². The van der Waals surface area contributed by atoms with Crippen molar-refractivity contribution in [3.8, 4) is 11.5 Å². The second-order valence-electron chi connectivity index (χ2n) is 6.08. The second-order valence-corrected chi connectivity index (χ2v) is 7.42. The van der Waals surface area contributed by atoms with E-state index in [0.29, 0.717) is 5.39 Å². The summed E-state index contributed by atoms with van der Waals surface area (Å²) in [4.78, 5) is -0.547. The Kier molecular flexibility index (Phi) is 5.66. The number of aromatic hydroxyl groups is 1. The summed E-state index contributed by atoms with van der Waals surface area (Å²) < 4.78 is 34.6. The van der Waals surface area contributed by atoms with Crippen molar-refractivity contribution in [2.24, 2.45) is 10.2 Å². The molecule has 4 aromatic carbocycles. The first-order valence-electron chi connectivity index (χ1n) is 8.17. The minimum absolute atomic E-state index is 0. The third-order valence-electron chi connectivity index (χ3n) is 4.34. The molecule has 7 nitrogen and oxygen atoms in total. The van der Waals surface area contributed by atoms with Crippen LogP contribution in [0.4, 0.5) is 11.4 Å². The van der Waals surface area contributed by atoms with Crippen LogP contribution in [0.1, 0.15) is 0 Å². The summed E-state index contributed by atoms with van der Waals surface area (Å²) >= 11 is 0. The first-order valence-corrected chi connectivity index (χ1v) is 9.58. The summed E-state index contributed by atoms with van der Waals surface area (Å²) in [6, 6.07) is 17.2. The van der Waals surface area contributed by atoms with E-state index in [4.69, 9.17) is 0 Å². The fraction of sp³-hybridized carbons (Fsp3) is 0. The molecule has 0 saturated heterocycles. The van der Waals surface area contributed by atoms with Gasteiger partial charge in [-0.15, -0.1) is 5.11 Å². The van der Waals surface area contributed by atoms with E-state index in [9.17, 15) is 23.2 Å². The number of fused-ring (bicyclic) bond motifs is 2. The molecule has 0 heterocycles. The van der Waals surface area contributed by atoms with Gasteiger partial charge in [-0.25, -0.2) is 8.42 Å². The van der Waals surface area contributed by atoms with Gasteiger partial charge >= 0.3 is 19.5 Å². The molecule has 4 rings (SSSR count). The van der Waals surface area contributed by atoms with E-state index >= 15 is 0 Å². The number of azo groups is 1. The fourth-order valence-corrected chi connectivity index (χ4v) is 3.77. The van der Waals surface area contributed by atoms with E-state index in [1.165, 1.54) is 18.2 Å². The van der Waals surface area contributed by atoms with E-state index in [0.717, 1.165) is 11.5 Å². The molecule has 9 heteroatoms. The molecular formula is C20H12N2O5SZn. The van der Waals surface area contributed by atoms with Crippen LogP contribution >= 0.6 is 0 Å².